The van der Waals surface area contributed by atoms with Crippen molar-refractivity contribution in [2.45, 2.75) is 18.9 Å². The Morgan fingerprint density at radius 2 is 2.38 bits per heavy atom. The van der Waals surface area contributed by atoms with Crippen molar-refractivity contribution in [2.24, 2.45) is 5.92 Å². The van der Waals surface area contributed by atoms with E-state index >= 15 is 0 Å². The van der Waals surface area contributed by atoms with E-state index in [1.54, 1.807) is 13.1 Å². The molecule has 0 aromatic carbocycles. The molecule has 0 spiro atoms. The Hall–Kier alpha value is -1.14. The van der Waals surface area contributed by atoms with Gasteiger partial charge in [0.25, 0.3) is 0 Å². The molecule has 0 radical (unpaired) electrons. The van der Waals surface area contributed by atoms with Crippen LogP contribution in [0.25, 0.3) is 0 Å². The van der Waals surface area contributed by atoms with E-state index in [0.717, 1.165) is 5.56 Å². The van der Waals surface area contributed by atoms with Gasteiger partial charge in [-0.3, -0.25) is 10.1 Å². The zero-order chi connectivity index (χ0) is 12.1. The van der Waals surface area contributed by atoms with Crippen molar-refractivity contribution in [3.05, 3.63) is 27.9 Å². The first-order chi connectivity index (χ1) is 7.54. The summed E-state index contributed by atoms with van der Waals surface area (Å²) in [5, 5.41) is 20.1. The van der Waals surface area contributed by atoms with E-state index in [1.807, 2.05) is 6.92 Å². The number of pyridine rings is 1. The summed E-state index contributed by atoms with van der Waals surface area (Å²) in [5.74, 6) is 0.723. The van der Waals surface area contributed by atoms with Gasteiger partial charge in [-0.25, -0.2) is 4.98 Å². The highest BCUT2D eigenvalue weighted by Gasteiger charge is 2.16. The molecule has 1 aromatic rings. The predicted octanol–water partition coefficient (Wildman–Crippen LogP) is 2.02. The van der Waals surface area contributed by atoms with E-state index in [4.69, 9.17) is 5.11 Å². The van der Waals surface area contributed by atoms with Crippen molar-refractivity contribution >= 4 is 17.4 Å². The van der Waals surface area contributed by atoms with Gasteiger partial charge in [-0.2, -0.15) is 0 Å². The Labute approximate surface area is 98.0 Å². The molecule has 0 fully saturated rings. The predicted molar refractivity (Wildman–Crippen MR) is 62.6 cm³/mol. The standard InChI is InChI=1S/C10H14N2O3S/c1-7-3-9(12(14)15)10(11-4-7)16-6-8(2)5-13/h3-4,8,13H,5-6H2,1-2H3. The van der Waals surface area contributed by atoms with Crippen LogP contribution >= 0.6 is 11.8 Å². The summed E-state index contributed by atoms with van der Waals surface area (Å²) in [6, 6.07) is 1.51. The first-order valence-electron chi connectivity index (χ1n) is 4.89. The number of aliphatic hydroxyl groups excluding tert-OH is 1. The fraction of sp³-hybridized carbons (Fsp3) is 0.500. The molecule has 0 aliphatic heterocycles. The molecule has 0 aliphatic rings. The summed E-state index contributed by atoms with van der Waals surface area (Å²) in [5.41, 5.74) is 0.807. The van der Waals surface area contributed by atoms with Crippen molar-refractivity contribution in [1.82, 2.24) is 4.98 Å². The fourth-order valence-electron chi connectivity index (χ4n) is 1.06. The van der Waals surface area contributed by atoms with Gasteiger partial charge in [-0.1, -0.05) is 18.7 Å². The molecule has 0 amide bonds. The summed E-state index contributed by atoms with van der Waals surface area (Å²) in [4.78, 5) is 14.4. The van der Waals surface area contributed by atoms with Crippen LogP contribution in [0.1, 0.15) is 12.5 Å². The molecule has 1 unspecified atom stereocenters. The number of aryl methyl sites for hydroxylation is 1. The average molecular weight is 242 g/mol. The zero-order valence-electron chi connectivity index (χ0n) is 9.21. The van der Waals surface area contributed by atoms with Crippen molar-refractivity contribution in [1.29, 1.82) is 0 Å². The van der Waals surface area contributed by atoms with E-state index in [1.165, 1.54) is 17.8 Å². The first kappa shape index (κ1) is 12.9. The monoisotopic (exact) mass is 242 g/mol. The van der Waals surface area contributed by atoms with Crippen LogP contribution in [-0.2, 0) is 0 Å². The van der Waals surface area contributed by atoms with Gasteiger partial charge in [0.2, 0.25) is 0 Å². The lowest BCUT2D eigenvalue weighted by Gasteiger charge is -2.06. The van der Waals surface area contributed by atoms with Crippen molar-refractivity contribution in [3.63, 3.8) is 0 Å². The van der Waals surface area contributed by atoms with Crippen LogP contribution in [0.3, 0.4) is 0 Å². The fourth-order valence-corrected chi connectivity index (χ4v) is 2.01. The lowest BCUT2D eigenvalue weighted by molar-refractivity contribution is -0.388. The summed E-state index contributed by atoms with van der Waals surface area (Å²) in [7, 11) is 0. The summed E-state index contributed by atoms with van der Waals surface area (Å²) in [6.45, 7) is 3.73. The van der Waals surface area contributed by atoms with Crippen LogP contribution < -0.4 is 0 Å². The minimum Gasteiger partial charge on any atom is -0.396 e. The van der Waals surface area contributed by atoms with E-state index < -0.39 is 4.92 Å². The first-order valence-corrected chi connectivity index (χ1v) is 5.88. The Kier molecular flexibility index (Phi) is 4.70. The third-order valence-corrected chi connectivity index (χ3v) is 3.31. The SMILES string of the molecule is Cc1cnc(SCC(C)CO)c([N+](=O)[O-])c1. The van der Waals surface area contributed by atoms with Crippen molar-refractivity contribution < 1.29 is 10.0 Å². The minimum atomic E-state index is -0.425. The van der Waals surface area contributed by atoms with Crippen molar-refractivity contribution in [2.75, 3.05) is 12.4 Å². The summed E-state index contributed by atoms with van der Waals surface area (Å²) in [6.07, 6.45) is 1.61. The molecule has 1 heterocycles. The van der Waals surface area contributed by atoms with Gasteiger partial charge < -0.3 is 5.11 Å². The Morgan fingerprint density at radius 1 is 1.69 bits per heavy atom. The highest BCUT2D eigenvalue weighted by Crippen LogP contribution is 2.28. The minimum absolute atomic E-state index is 0.0372. The second-order valence-electron chi connectivity index (χ2n) is 3.69. The average Bonchev–Trinajstić information content (AvgIpc) is 2.26. The molecule has 88 valence electrons. The molecular formula is C10H14N2O3S. The van der Waals surface area contributed by atoms with Gasteiger partial charge in [0.05, 0.1) is 4.92 Å². The number of nitrogens with zero attached hydrogens (tertiary/aromatic N) is 2. The van der Waals surface area contributed by atoms with Crippen LogP contribution in [0.4, 0.5) is 5.69 Å². The van der Waals surface area contributed by atoms with Gasteiger partial charge in [0.1, 0.15) is 0 Å². The van der Waals surface area contributed by atoms with Gasteiger partial charge in [-0.15, -0.1) is 0 Å². The second-order valence-corrected chi connectivity index (χ2v) is 4.70. The molecule has 0 saturated heterocycles. The number of aromatic nitrogens is 1. The topological polar surface area (TPSA) is 76.3 Å². The Bertz CT molecular complexity index is 384. The molecule has 0 saturated carbocycles. The quantitative estimate of drug-likeness (QED) is 0.485. The Balaban J connectivity index is 2.82. The second kappa shape index (κ2) is 5.81. The maximum Gasteiger partial charge on any atom is 0.301 e. The van der Waals surface area contributed by atoms with Crippen LogP contribution in [0.2, 0.25) is 0 Å². The van der Waals surface area contributed by atoms with E-state index in [9.17, 15) is 10.1 Å². The molecule has 1 N–H and O–H groups in total. The smallest absolute Gasteiger partial charge is 0.301 e. The van der Waals surface area contributed by atoms with E-state index in [0.29, 0.717) is 10.8 Å². The van der Waals surface area contributed by atoms with Crippen LogP contribution in [0.5, 0.6) is 0 Å². The highest BCUT2D eigenvalue weighted by molar-refractivity contribution is 7.99. The third-order valence-electron chi connectivity index (χ3n) is 1.98. The molecular weight excluding hydrogens is 228 g/mol. The summed E-state index contributed by atoms with van der Waals surface area (Å²) >= 11 is 1.30. The zero-order valence-corrected chi connectivity index (χ0v) is 10.0. The molecule has 1 aromatic heterocycles. The van der Waals surface area contributed by atoms with Crippen LogP contribution in [0.15, 0.2) is 17.3 Å². The van der Waals surface area contributed by atoms with Gasteiger partial charge in [0.15, 0.2) is 5.03 Å². The maximum atomic E-state index is 10.8. The number of rotatable bonds is 5. The largest absolute Gasteiger partial charge is 0.396 e. The lowest BCUT2D eigenvalue weighted by Crippen LogP contribution is -2.04. The number of thioether (sulfide) groups is 1. The number of hydrogen-bond donors (Lipinski definition) is 1. The molecule has 1 rings (SSSR count). The third kappa shape index (κ3) is 3.46. The Morgan fingerprint density at radius 3 is 2.94 bits per heavy atom. The van der Waals surface area contributed by atoms with Crippen LogP contribution in [-0.4, -0.2) is 27.4 Å². The van der Waals surface area contributed by atoms with Gasteiger partial charge >= 0.3 is 5.69 Å². The van der Waals surface area contributed by atoms with Gasteiger partial charge in [0, 0.05) is 24.6 Å². The normalized spacial score (nSPS) is 12.4. The van der Waals surface area contributed by atoms with Gasteiger partial charge in [-0.05, 0) is 18.4 Å². The number of hydrogen-bond acceptors (Lipinski definition) is 5. The van der Waals surface area contributed by atoms with Crippen LogP contribution in [0, 0.1) is 23.0 Å². The lowest BCUT2D eigenvalue weighted by atomic mass is 10.2. The van der Waals surface area contributed by atoms with E-state index in [-0.39, 0.29) is 18.2 Å². The molecule has 1 atom stereocenters. The van der Waals surface area contributed by atoms with Crippen molar-refractivity contribution in [3.8, 4) is 0 Å². The molecule has 0 aliphatic carbocycles. The molecule has 5 nitrogen and oxygen atoms in total. The number of nitro groups is 1. The summed E-state index contributed by atoms with van der Waals surface area (Å²) < 4.78 is 0. The number of aliphatic hydroxyl groups is 1. The molecule has 6 heteroatoms. The van der Waals surface area contributed by atoms with E-state index in [2.05, 4.69) is 4.98 Å². The highest BCUT2D eigenvalue weighted by atomic mass is 32.2. The maximum absolute atomic E-state index is 10.8. The molecule has 16 heavy (non-hydrogen) atoms. The molecule has 0 bridgehead atoms.